The van der Waals surface area contributed by atoms with Crippen LogP contribution >= 0.6 is 0 Å². The summed E-state index contributed by atoms with van der Waals surface area (Å²) in [5, 5.41) is 11.4. The van der Waals surface area contributed by atoms with Gasteiger partial charge in [-0.05, 0) is 12.1 Å². The molecule has 0 spiro atoms. The van der Waals surface area contributed by atoms with Gasteiger partial charge in [0, 0.05) is 20.3 Å². The van der Waals surface area contributed by atoms with Crippen LogP contribution < -0.4 is 0 Å². The zero-order chi connectivity index (χ0) is 12.1. The topological polar surface area (TPSA) is 73.1 Å². The Morgan fingerprint density at radius 1 is 1.56 bits per heavy atom. The van der Waals surface area contributed by atoms with E-state index in [1.807, 2.05) is 0 Å². The van der Waals surface area contributed by atoms with Gasteiger partial charge in [-0.3, -0.25) is 0 Å². The highest BCUT2D eigenvalue weighted by Gasteiger charge is 2.18. The first-order chi connectivity index (χ1) is 7.54. The van der Waals surface area contributed by atoms with E-state index >= 15 is 0 Å². The lowest BCUT2D eigenvalue weighted by Gasteiger charge is -2.08. The summed E-state index contributed by atoms with van der Waals surface area (Å²) in [6, 6.07) is 0. The normalized spacial score (nSPS) is 11.4. The summed E-state index contributed by atoms with van der Waals surface area (Å²) in [5.74, 6) is -0.196. The lowest BCUT2D eigenvalue weighted by atomic mass is 10.3. The Bertz CT molecular complexity index is 396. The molecule has 0 aliphatic carbocycles. The van der Waals surface area contributed by atoms with Crippen molar-refractivity contribution in [3.05, 3.63) is 12.0 Å². The Hall–Kier alpha value is -1.92. The molecule has 0 saturated carbocycles. The second-order valence-corrected chi connectivity index (χ2v) is 3.33. The van der Waals surface area contributed by atoms with E-state index in [1.165, 1.54) is 4.80 Å². The highest BCUT2D eigenvalue weighted by atomic mass is 16.5. The summed E-state index contributed by atoms with van der Waals surface area (Å²) in [5.41, 5.74) is 0.292. The van der Waals surface area contributed by atoms with Crippen molar-refractivity contribution in [2.24, 2.45) is 7.05 Å². The van der Waals surface area contributed by atoms with E-state index in [9.17, 15) is 4.79 Å². The molecule has 16 heavy (non-hydrogen) atoms. The second kappa shape index (κ2) is 5.24. The zero-order valence-electron chi connectivity index (χ0n) is 9.84. The number of aromatic nitrogens is 4. The Balaban J connectivity index is 3.01. The standard InChI is InChI=1S/C9H15N5O2/c1-5-16-9(15)7(6-13(2)3)8-10-12-14(4)11-8/h6H,5H2,1-4H3/b7-6+. The fourth-order valence-electron chi connectivity index (χ4n) is 1.06. The van der Waals surface area contributed by atoms with Crippen LogP contribution in [0.5, 0.6) is 0 Å². The maximum atomic E-state index is 11.7. The highest BCUT2D eigenvalue weighted by molar-refractivity contribution is 6.14. The van der Waals surface area contributed by atoms with Crippen molar-refractivity contribution < 1.29 is 9.53 Å². The van der Waals surface area contributed by atoms with E-state index in [0.717, 1.165) is 0 Å². The van der Waals surface area contributed by atoms with E-state index < -0.39 is 5.97 Å². The van der Waals surface area contributed by atoms with Gasteiger partial charge in [0.15, 0.2) is 0 Å². The third kappa shape index (κ3) is 3.04. The quantitative estimate of drug-likeness (QED) is 0.516. The highest BCUT2D eigenvalue weighted by Crippen LogP contribution is 2.10. The predicted molar refractivity (Wildman–Crippen MR) is 57.1 cm³/mol. The lowest BCUT2D eigenvalue weighted by molar-refractivity contribution is -0.136. The number of nitrogens with zero attached hydrogens (tertiary/aromatic N) is 5. The van der Waals surface area contributed by atoms with Crippen molar-refractivity contribution >= 4 is 11.5 Å². The van der Waals surface area contributed by atoms with Crippen LogP contribution in [0.4, 0.5) is 0 Å². The van der Waals surface area contributed by atoms with Crippen LogP contribution in [0.15, 0.2) is 6.20 Å². The van der Waals surface area contributed by atoms with Gasteiger partial charge in [0.25, 0.3) is 0 Å². The summed E-state index contributed by atoms with van der Waals surface area (Å²) in [4.78, 5) is 14.7. The van der Waals surface area contributed by atoms with E-state index in [1.54, 1.807) is 39.2 Å². The second-order valence-electron chi connectivity index (χ2n) is 3.33. The molecule has 0 radical (unpaired) electrons. The monoisotopic (exact) mass is 225 g/mol. The molecular weight excluding hydrogens is 210 g/mol. The number of ether oxygens (including phenoxy) is 1. The molecule has 0 aliphatic heterocycles. The molecule has 1 aromatic rings. The van der Waals surface area contributed by atoms with Crippen LogP contribution in [-0.4, -0.2) is 51.8 Å². The molecule has 0 atom stereocenters. The summed E-state index contributed by atoms with van der Waals surface area (Å²) in [6.45, 7) is 2.05. The molecule has 7 nitrogen and oxygen atoms in total. The molecule has 0 saturated heterocycles. The van der Waals surface area contributed by atoms with Gasteiger partial charge in [-0.1, -0.05) is 0 Å². The molecule has 88 valence electrons. The van der Waals surface area contributed by atoms with E-state index in [4.69, 9.17) is 4.74 Å². The zero-order valence-corrected chi connectivity index (χ0v) is 9.84. The van der Waals surface area contributed by atoms with Crippen molar-refractivity contribution in [3.8, 4) is 0 Å². The first-order valence-corrected chi connectivity index (χ1v) is 4.84. The molecule has 0 unspecified atom stereocenters. The molecule has 1 rings (SSSR count). The molecule has 0 amide bonds. The van der Waals surface area contributed by atoms with Gasteiger partial charge >= 0.3 is 5.97 Å². The van der Waals surface area contributed by atoms with Crippen LogP contribution in [0, 0.1) is 0 Å². The van der Waals surface area contributed by atoms with Crippen LogP contribution in [0.2, 0.25) is 0 Å². The Kier molecular flexibility index (Phi) is 3.98. The number of esters is 1. The average Bonchev–Trinajstić information content (AvgIpc) is 2.61. The van der Waals surface area contributed by atoms with Gasteiger partial charge in [-0.15, -0.1) is 10.2 Å². The van der Waals surface area contributed by atoms with Crippen LogP contribution in [0.3, 0.4) is 0 Å². The Morgan fingerprint density at radius 2 is 2.25 bits per heavy atom. The number of carbonyl (C=O) groups is 1. The maximum Gasteiger partial charge on any atom is 0.343 e. The van der Waals surface area contributed by atoms with Crippen LogP contribution in [-0.2, 0) is 16.6 Å². The Labute approximate surface area is 93.7 Å². The van der Waals surface area contributed by atoms with Crippen molar-refractivity contribution in [1.29, 1.82) is 0 Å². The number of hydrogen-bond donors (Lipinski definition) is 0. The number of rotatable bonds is 4. The fourth-order valence-corrected chi connectivity index (χ4v) is 1.06. The average molecular weight is 225 g/mol. The summed E-state index contributed by atoms with van der Waals surface area (Å²) in [7, 11) is 5.24. The molecule has 1 aromatic heterocycles. The van der Waals surface area contributed by atoms with Gasteiger partial charge in [0.1, 0.15) is 5.57 Å². The number of tetrazole rings is 1. The van der Waals surface area contributed by atoms with Gasteiger partial charge < -0.3 is 9.64 Å². The van der Waals surface area contributed by atoms with E-state index in [0.29, 0.717) is 12.2 Å². The number of hydrogen-bond acceptors (Lipinski definition) is 6. The molecule has 7 heteroatoms. The molecule has 0 bridgehead atoms. The number of carbonyl (C=O) groups excluding carboxylic acids is 1. The molecule has 0 aliphatic rings. The molecule has 0 aromatic carbocycles. The van der Waals surface area contributed by atoms with Gasteiger partial charge in [-0.25, -0.2) is 4.79 Å². The van der Waals surface area contributed by atoms with Gasteiger partial charge in [0.2, 0.25) is 5.82 Å². The van der Waals surface area contributed by atoms with Crippen LogP contribution in [0.25, 0.3) is 5.57 Å². The Morgan fingerprint density at radius 3 is 2.69 bits per heavy atom. The van der Waals surface area contributed by atoms with Crippen molar-refractivity contribution in [2.45, 2.75) is 6.92 Å². The van der Waals surface area contributed by atoms with Gasteiger partial charge in [0.05, 0.1) is 13.7 Å². The molecule has 0 N–H and O–H groups in total. The minimum absolute atomic E-state index is 0.259. The summed E-state index contributed by atoms with van der Waals surface area (Å²) < 4.78 is 4.92. The van der Waals surface area contributed by atoms with E-state index in [-0.39, 0.29) is 5.82 Å². The van der Waals surface area contributed by atoms with E-state index in [2.05, 4.69) is 15.4 Å². The van der Waals surface area contributed by atoms with Crippen molar-refractivity contribution in [2.75, 3.05) is 20.7 Å². The first kappa shape index (κ1) is 12.2. The van der Waals surface area contributed by atoms with Crippen LogP contribution in [0.1, 0.15) is 12.7 Å². The first-order valence-electron chi connectivity index (χ1n) is 4.84. The van der Waals surface area contributed by atoms with Crippen molar-refractivity contribution in [3.63, 3.8) is 0 Å². The molecule has 1 heterocycles. The fraction of sp³-hybridized carbons (Fsp3) is 0.556. The number of aryl methyl sites for hydroxylation is 1. The molecule has 0 fully saturated rings. The minimum Gasteiger partial charge on any atom is -0.462 e. The largest absolute Gasteiger partial charge is 0.462 e. The lowest BCUT2D eigenvalue weighted by Crippen LogP contribution is -2.12. The smallest absolute Gasteiger partial charge is 0.343 e. The summed E-state index contributed by atoms with van der Waals surface area (Å²) in [6.07, 6.45) is 1.61. The SMILES string of the molecule is CCOC(=O)/C(=C/N(C)C)c1nnn(C)n1. The summed E-state index contributed by atoms with van der Waals surface area (Å²) >= 11 is 0. The van der Waals surface area contributed by atoms with Crippen molar-refractivity contribution in [1.82, 2.24) is 25.1 Å². The third-order valence-corrected chi connectivity index (χ3v) is 1.63. The third-order valence-electron chi connectivity index (χ3n) is 1.63. The minimum atomic E-state index is -0.454. The predicted octanol–water partition coefficient (Wildman–Crippen LogP) is -0.324. The molecular formula is C9H15N5O2. The van der Waals surface area contributed by atoms with Gasteiger partial charge in [-0.2, -0.15) is 4.80 Å². The maximum absolute atomic E-state index is 11.7.